The smallest absolute Gasteiger partial charge is 0.333 e. The van der Waals surface area contributed by atoms with Gasteiger partial charge < -0.3 is 9.84 Å². The fourth-order valence-corrected chi connectivity index (χ4v) is 2.13. The van der Waals surface area contributed by atoms with Crippen LogP contribution >= 0.6 is 0 Å². The third kappa shape index (κ3) is 2.03. The normalized spacial score (nSPS) is 11.0. The van der Waals surface area contributed by atoms with Crippen LogP contribution in [-0.2, 0) is 14.1 Å². The van der Waals surface area contributed by atoms with E-state index >= 15 is 0 Å². The van der Waals surface area contributed by atoms with Crippen molar-refractivity contribution >= 4 is 22.6 Å². The predicted octanol–water partition coefficient (Wildman–Crippen LogP) is 1.28. The summed E-state index contributed by atoms with van der Waals surface area (Å²) in [5.41, 5.74) is 1.17. The highest BCUT2D eigenvalue weighted by molar-refractivity contribution is 5.87. The van der Waals surface area contributed by atoms with E-state index in [1.54, 1.807) is 0 Å². The van der Waals surface area contributed by atoms with Crippen LogP contribution in [0.25, 0.3) is 11.1 Å². The largest absolute Gasteiger partial charge is 0.337 e. The average molecular weight is 286 g/mol. The van der Waals surface area contributed by atoms with E-state index in [0.29, 0.717) is 5.82 Å². The Balaban J connectivity index is 2.19. The van der Waals surface area contributed by atoms with Gasteiger partial charge in [0.05, 0.1) is 0 Å². The fourth-order valence-electron chi connectivity index (χ4n) is 2.13. The quantitative estimate of drug-likeness (QED) is 0.767. The lowest BCUT2D eigenvalue weighted by Gasteiger charge is -2.04. The molecule has 0 amide bonds. The average Bonchev–Trinajstić information content (AvgIpc) is 2.89. The van der Waals surface area contributed by atoms with Crippen LogP contribution in [0.4, 0.5) is 11.5 Å². The number of hydrogen-bond donors (Lipinski definition) is 1. The van der Waals surface area contributed by atoms with Gasteiger partial charge in [0.15, 0.2) is 5.82 Å². The minimum Gasteiger partial charge on any atom is -0.337 e. The first-order valence-corrected chi connectivity index (χ1v) is 6.38. The van der Waals surface area contributed by atoms with Gasteiger partial charge in [-0.05, 0) is 19.1 Å². The molecular formula is C14H14N4O3. The lowest BCUT2D eigenvalue weighted by molar-refractivity contribution is 0.437. The Kier molecular flexibility index (Phi) is 2.90. The van der Waals surface area contributed by atoms with Crippen LogP contribution in [0.2, 0.25) is 0 Å². The second-order valence-corrected chi connectivity index (χ2v) is 4.91. The molecule has 3 rings (SSSR count). The molecule has 0 fully saturated rings. The minimum atomic E-state index is -0.453. The van der Waals surface area contributed by atoms with Gasteiger partial charge in [0.25, 0.3) is 5.56 Å². The summed E-state index contributed by atoms with van der Waals surface area (Å²) in [5.74, 6) is 0.296. The van der Waals surface area contributed by atoms with E-state index < -0.39 is 11.2 Å². The number of nitrogens with zero attached hydrogens (tertiary/aromatic N) is 3. The maximum Gasteiger partial charge on any atom is 0.333 e. The maximum atomic E-state index is 12.2. The summed E-state index contributed by atoms with van der Waals surface area (Å²) in [7, 11) is 2.96. The van der Waals surface area contributed by atoms with Gasteiger partial charge in [0.1, 0.15) is 5.39 Å². The lowest BCUT2D eigenvalue weighted by atomic mass is 10.2. The molecule has 0 atom stereocenters. The number of hydrogen-bond acceptors (Lipinski definition) is 5. The topological polar surface area (TPSA) is 82.1 Å². The number of rotatable bonds is 2. The highest BCUT2D eigenvalue weighted by Gasteiger charge is 2.18. The van der Waals surface area contributed by atoms with Gasteiger partial charge in [-0.3, -0.25) is 13.9 Å². The molecule has 2 heterocycles. The first kappa shape index (κ1) is 13.2. The monoisotopic (exact) mass is 286 g/mol. The Bertz CT molecular complexity index is 932. The zero-order valence-electron chi connectivity index (χ0n) is 11.9. The second-order valence-electron chi connectivity index (χ2n) is 4.91. The van der Waals surface area contributed by atoms with Crippen LogP contribution in [0.5, 0.6) is 0 Å². The van der Waals surface area contributed by atoms with Crippen LogP contribution in [-0.4, -0.2) is 14.3 Å². The molecule has 0 radical (unpaired) electrons. The summed E-state index contributed by atoms with van der Waals surface area (Å²) in [5, 5.41) is 7.14. The summed E-state index contributed by atoms with van der Waals surface area (Å²) >= 11 is 0. The first-order valence-electron chi connectivity index (χ1n) is 6.38. The number of nitrogens with one attached hydrogen (secondary N) is 1. The van der Waals surface area contributed by atoms with Gasteiger partial charge in [-0.25, -0.2) is 4.79 Å². The van der Waals surface area contributed by atoms with Crippen molar-refractivity contribution in [3.63, 3.8) is 0 Å². The van der Waals surface area contributed by atoms with Crippen molar-refractivity contribution < 1.29 is 4.52 Å². The molecule has 21 heavy (non-hydrogen) atoms. The van der Waals surface area contributed by atoms with Crippen molar-refractivity contribution in [1.29, 1.82) is 0 Å². The number of anilines is 2. The molecule has 0 unspecified atom stereocenters. The maximum absolute atomic E-state index is 12.2. The summed E-state index contributed by atoms with van der Waals surface area (Å²) in [6.45, 7) is 1.99. The lowest BCUT2D eigenvalue weighted by Crippen LogP contribution is -2.36. The molecule has 0 saturated heterocycles. The fraction of sp³-hybridized carbons (Fsp3) is 0.214. The number of aryl methyl sites for hydroxylation is 2. The van der Waals surface area contributed by atoms with Crippen molar-refractivity contribution in [2.45, 2.75) is 6.92 Å². The second kappa shape index (κ2) is 4.62. The van der Waals surface area contributed by atoms with Crippen molar-refractivity contribution in [3.8, 4) is 0 Å². The summed E-state index contributed by atoms with van der Waals surface area (Å²) in [6, 6.07) is 7.64. The van der Waals surface area contributed by atoms with Gasteiger partial charge in [-0.2, -0.15) is 0 Å². The zero-order valence-corrected chi connectivity index (χ0v) is 11.9. The molecule has 108 valence electrons. The standard InChI is InChI=1S/C14H14N4O3/c1-8-4-6-9(7-5-8)15-11-10-12(19)17(2)14(20)18(3)13(10)21-16-11/h4-7H,1-3H3,(H,15,16). The zero-order chi connectivity index (χ0) is 15.1. The number of benzene rings is 1. The van der Waals surface area contributed by atoms with Crippen LogP contribution in [0.15, 0.2) is 38.4 Å². The third-order valence-corrected chi connectivity index (χ3v) is 3.39. The van der Waals surface area contributed by atoms with Crippen molar-refractivity contribution in [1.82, 2.24) is 14.3 Å². The molecule has 0 spiro atoms. The van der Waals surface area contributed by atoms with Crippen molar-refractivity contribution in [2.24, 2.45) is 14.1 Å². The van der Waals surface area contributed by atoms with E-state index in [0.717, 1.165) is 15.8 Å². The molecular weight excluding hydrogens is 272 g/mol. The third-order valence-electron chi connectivity index (χ3n) is 3.39. The molecule has 0 aliphatic heterocycles. The molecule has 1 N–H and O–H groups in total. The number of aromatic nitrogens is 3. The molecule has 0 saturated carbocycles. The van der Waals surface area contributed by atoms with Crippen LogP contribution in [0.1, 0.15) is 5.56 Å². The van der Waals surface area contributed by atoms with E-state index in [1.807, 2.05) is 31.2 Å². The summed E-state index contributed by atoms with van der Waals surface area (Å²) in [6.07, 6.45) is 0. The Morgan fingerprint density at radius 2 is 1.76 bits per heavy atom. The van der Waals surface area contributed by atoms with Crippen LogP contribution in [0, 0.1) is 6.92 Å². The Hall–Kier alpha value is -2.83. The van der Waals surface area contributed by atoms with E-state index in [2.05, 4.69) is 10.5 Å². The van der Waals surface area contributed by atoms with E-state index in [4.69, 9.17) is 4.52 Å². The summed E-state index contributed by atoms with van der Waals surface area (Å²) < 4.78 is 7.41. The molecule has 3 aromatic rings. The Labute approximate surface area is 119 Å². The molecule has 7 heteroatoms. The van der Waals surface area contributed by atoms with Crippen LogP contribution < -0.4 is 16.6 Å². The minimum absolute atomic E-state index is 0.151. The predicted molar refractivity (Wildman–Crippen MR) is 79.0 cm³/mol. The molecule has 0 aliphatic carbocycles. The molecule has 7 nitrogen and oxygen atoms in total. The van der Waals surface area contributed by atoms with Gasteiger partial charge in [0.2, 0.25) is 5.71 Å². The van der Waals surface area contributed by atoms with E-state index in [9.17, 15) is 9.59 Å². The van der Waals surface area contributed by atoms with Crippen molar-refractivity contribution in [3.05, 3.63) is 50.7 Å². The van der Waals surface area contributed by atoms with Gasteiger partial charge in [-0.15, -0.1) is 0 Å². The first-order chi connectivity index (χ1) is 9.99. The highest BCUT2D eigenvalue weighted by Crippen LogP contribution is 2.22. The van der Waals surface area contributed by atoms with E-state index in [-0.39, 0.29) is 11.1 Å². The highest BCUT2D eigenvalue weighted by atomic mass is 16.5. The molecule has 0 aliphatic rings. The van der Waals surface area contributed by atoms with Crippen LogP contribution in [0.3, 0.4) is 0 Å². The Morgan fingerprint density at radius 1 is 1.10 bits per heavy atom. The molecule has 2 aromatic heterocycles. The molecule has 0 bridgehead atoms. The van der Waals surface area contributed by atoms with Gasteiger partial charge in [0, 0.05) is 19.8 Å². The Morgan fingerprint density at radius 3 is 2.43 bits per heavy atom. The molecule has 1 aromatic carbocycles. The number of fused-ring (bicyclic) bond motifs is 1. The van der Waals surface area contributed by atoms with Gasteiger partial charge >= 0.3 is 5.69 Å². The van der Waals surface area contributed by atoms with Gasteiger partial charge in [-0.1, -0.05) is 22.9 Å². The van der Waals surface area contributed by atoms with Crippen molar-refractivity contribution in [2.75, 3.05) is 5.32 Å². The van der Waals surface area contributed by atoms with E-state index in [1.165, 1.54) is 18.7 Å². The summed E-state index contributed by atoms with van der Waals surface area (Å²) in [4.78, 5) is 24.1. The SMILES string of the molecule is Cc1ccc(Nc2noc3c2c(=O)n(C)c(=O)n3C)cc1.